The van der Waals surface area contributed by atoms with Crippen molar-refractivity contribution >= 4 is 15.6 Å². The summed E-state index contributed by atoms with van der Waals surface area (Å²) in [6, 6.07) is 17.0. The van der Waals surface area contributed by atoms with Crippen LogP contribution in [0.3, 0.4) is 0 Å². The maximum Gasteiger partial charge on any atom is 0.226 e. The van der Waals surface area contributed by atoms with E-state index in [1.807, 2.05) is 30.3 Å². The van der Waals surface area contributed by atoms with Crippen LogP contribution in [0.25, 0.3) is 11.5 Å². The zero-order chi connectivity index (χ0) is 21.6. The van der Waals surface area contributed by atoms with Crippen LogP contribution in [0.15, 0.2) is 59.0 Å². The monoisotopic (exact) mass is 427 g/mol. The fourth-order valence-corrected chi connectivity index (χ4v) is 4.55. The van der Waals surface area contributed by atoms with Crippen LogP contribution < -0.4 is 4.74 Å². The lowest BCUT2D eigenvalue weighted by atomic mass is 10.1. The molecule has 0 atom stereocenters. The van der Waals surface area contributed by atoms with Crippen LogP contribution in [0.1, 0.15) is 29.9 Å². The quantitative estimate of drug-likeness (QED) is 0.483. The van der Waals surface area contributed by atoms with Gasteiger partial charge in [-0.25, -0.2) is 13.4 Å². The molecule has 0 fully saturated rings. The van der Waals surface area contributed by atoms with Gasteiger partial charge in [-0.1, -0.05) is 30.3 Å². The summed E-state index contributed by atoms with van der Waals surface area (Å²) in [5, 5.41) is 0. The molecule has 0 saturated carbocycles. The van der Waals surface area contributed by atoms with Gasteiger partial charge in [-0.05, 0) is 49.6 Å². The average molecular weight is 428 g/mol. The highest BCUT2D eigenvalue weighted by atomic mass is 32.2. The minimum absolute atomic E-state index is 0.239. The Morgan fingerprint density at radius 1 is 1.07 bits per heavy atom. The van der Waals surface area contributed by atoms with Crippen LogP contribution in [0.2, 0.25) is 0 Å². The summed E-state index contributed by atoms with van der Waals surface area (Å²) in [6.07, 6.45) is 1.62. The van der Waals surface area contributed by atoms with Gasteiger partial charge in [-0.15, -0.1) is 0 Å². The number of rotatable bonds is 10. The molecule has 0 saturated heterocycles. The molecule has 158 valence electrons. The Balaban J connectivity index is 1.57. The number of carbonyl (C=O) groups excluding carboxylic acids is 1. The maximum atomic E-state index is 12.5. The predicted octanol–water partition coefficient (Wildman–Crippen LogP) is 4.17. The van der Waals surface area contributed by atoms with Gasteiger partial charge in [0.25, 0.3) is 0 Å². The van der Waals surface area contributed by atoms with E-state index in [1.165, 1.54) is 0 Å². The average Bonchev–Trinajstić information content (AvgIpc) is 3.08. The first-order valence-corrected chi connectivity index (χ1v) is 11.6. The van der Waals surface area contributed by atoms with Gasteiger partial charge in [0.05, 0.1) is 18.6 Å². The molecule has 30 heavy (non-hydrogen) atoms. The molecule has 0 N–H and O–H groups in total. The van der Waals surface area contributed by atoms with E-state index in [2.05, 4.69) is 4.98 Å². The Morgan fingerprint density at radius 2 is 1.77 bits per heavy atom. The van der Waals surface area contributed by atoms with E-state index in [-0.39, 0.29) is 18.0 Å². The summed E-state index contributed by atoms with van der Waals surface area (Å²) in [7, 11) is -2.04. The molecule has 0 amide bonds. The second kappa shape index (κ2) is 9.71. The molecule has 0 aliphatic carbocycles. The molecule has 0 aliphatic rings. The predicted molar refractivity (Wildman–Crippen MR) is 115 cm³/mol. The number of carbonyl (C=O) groups is 1. The third-order valence-electron chi connectivity index (χ3n) is 4.73. The first kappa shape index (κ1) is 21.8. The van der Waals surface area contributed by atoms with Gasteiger partial charge in [0, 0.05) is 12.0 Å². The number of Topliss-reactive ketones (excluding diaryl/α,β-unsaturated/α-hetero) is 1. The lowest BCUT2D eigenvalue weighted by molar-refractivity contribution is -0.116. The van der Waals surface area contributed by atoms with Gasteiger partial charge in [-0.2, -0.15) is 0 Å². The van der Waals surface area contributed by atoms with Gasteiger partial charge in [0.15, 0.2) is 9.84 Å². The molecule has 0 aliphatic heterocycles. The number of ketones is 1. The molecular formula is C23H25NO5S. The highest BCUT2D eigenvalue weighted by molar-refractivity contribution is 7.91. The van der Waals surface area contributed by atoms with Crippen molar-refractivity contribution in [1.29, 1.82) is 0 Å². The first-order chi connectivity index (χ1) is 14.4. The molecule has 0 bridgehead atoms. The van der Waals surface area contributed by atoms with Gasteiger partial charge < -0.3 is 9.15 Å². The van der Waals surface area contributed by atoms with E-state index < -0.39 is 15.6 Å². The molecule has 0 unspecified atom stereocenters. The lowest BCUT2D eigenvalue weighted by Crippen LogP contribution is -2.18. The van der Waals surface area contributed by atoms with Gasteiger partial charge in [0.2, 0.25) is 5.89 Å². The van der Waals surface area contributed by atoms with Crippen LogP contribution in [0.5, 0.6) is 5.75 Å². The van der Waals surface area contributed by atoms with E-state index in [1.54, 1.807) is 38.3 Å². The topological polar surface area (TPSA) is 86.5 Å². The summed E-state index contributed by atoms with van der Waals surface area (Å²) >= 11 is 0. The third kappa shape index (κ3) is 6.03. The molecule has 0 radical (unpaired) electrons. The number of nitrogens with zero attached hydrogens (tertiary/aromatic N) is 1. The number of hydrogen-bond acceptors (Lipinski definition) is 6. The van der Waals surface area contributed by atoms with Crippen LogP contribution in [0.4, 0.5) is 0 Å². The van der Waals surface area contributed by atoms with E-state index in [0.29, 0.717) is 29.5 Å². The van der Waals surface area contributed by atoms with Gasteiger partial charge >= 0.3 is 0 Å². The number of benzene rings is 2. The van der Waals surface area contributed by atoms with Crippen LogP contribution >= 0.6 is 0 Å². The molecule has 6 nitrogen and oxygen atoms in total. The van der Waals surface area contributed by atoms with Crippen molar-refractivity contribution in [3.8, 4) is 17.2 Å². The van der Waals surface area contributed by atoms with E-state index >= 15 is 0 Å². The SMILES string of the molecule is COc1ccc(-c2nc(CS(=O)(=O)CC(=O)CCCc3ccccc3)c(C)o2)cc1. The fraction of sp³-hybridized carbons (Fsp3) is 0.304. The molecule has 1 heterocycles. The Labute approximate surface area is 176 Å². The van der Waals surface area contributed by atoms with Crippen molar-refractivity contribution in [2.24, 2.45) is 0 Å². The van der Waals surface area contributed by atoms with Crippen LogP contribution in [-0.2, 0) is 26.8 Å². The minimum atomic E-state index is -3.62. The molecule has 3 rings (SSSR count). The van der Waals surface area contributed by atoms with Crippen molar-refractivity contribution < 1.29 is 22.4 Å². The summed E-state index contributed by atoms with van der Waals surface area (Å²) in [5.74, 6) is 0.406. The first-order valence-electron chi connectivity index (χ1n) is 9.73. The number of methoxy groups -OCH3 is 1. The molecule has 3 aromatic rings. The van der Waals surface area contributed by atoms with Crippen molar-refractivity contribution in [1.82, 2.24) is 4.98 Å². The number of sulfone groups is 1. The molecular weight excluding hydrogens is 402 g/mol. The highest BCUT2D eigenvalue weighted by Gasteiger charge is 2.22. The molecule has 1 aromatic heterocycles. The summed E-state index contributed by atoms with van der Waals surface area (Å²) in [6.45, 7) is 1.67. The largest absolute Gasteiger partial charge is 0.497 e. The van der Waals surface area contributed by atoms with Crippen molar-refractivity contribution in [2.75, 3.05) is 12.9 Å². The zero-order valence-corrected chi connectivity index (χ0v) is 17.9. The van der Waals surface area contributed by atoms with E-state index in [9.17, 15) is 13.2 Å². The number of oxazole rings is 1. The molecule has 0 spiro atoms. The van der Waals surface area contributed by atoms with Gasteiger partial charge in [-0.3, -0.25) is 4.79 Å². The summed E-state index contributed by atoms with van der Waals surface area (Å²) in [4.78, 5) is 16.5. The van der Waals surface area contributed by atoms with Crippen LogP contribution in [0, 0.1) is 6.92 Å². The normalized spacial score (nSPS) is 11.4. The van der Waals surface area contributed by atoms with Crippen molar-refractivity contribution in [2.45, 2.75) is 31.9 Å². The number of hydrogen-bond donors (Lipinski definition) is 0. The minimum Gasteiger partial charge on any atom is -0.497 e. The van der Waals surface area contributed by atoms with Crippen molar-refractivity contribution in [3.05, 3.63) is 71.6 Å². The Kier molecular flexibility index (Phi) is 7.05. The second-order valence-corrected chi connectivity index (χ2v) is 9.22. The number of aryl methyl sites for hydroxylation is 2. The lowest BCUT2D eigenvalue weighted by Gasteiger charge is -2.03. The number of ether oxygens (including phenoxy) is 1. The standard InChI is InChI=1S/C23H25NO5S/c1-17-22(24-23(29-17)19-11-13-21(28-2)14-12-19)16-30(26,27)15-20(25)10-6-9-18-7-4-3-5-8-18/h3-5,7-8,11-14H,6,9-10,15-16H2,1-2H3. The molecule has 7 heteroatoms. The van der Waals surface area contributed by atoms with Gasteiger partial charge in [0.1, 0.15) is 23.0 Å². The zero-order valence-electron chi connectivity index (χ0n) is 17.1. The highest BCUT2D eigenvalue weighted by Crippen LogP contribution is 2.25. The Hall–Kier alpha value is -2.93. The van der Waals surface area contributed by atoms with E-state index in [0.717, 1.165) is 17.5 Å². The van der Waals surface area contributed by atoms with Crippen LogP contribution in [-0.4, -0.2) is 32.0 Å². The Bertz CT molecular complexity index is 1090. The number of aromatic nitrogens is 1. The fourth-order valence-electron chi connectivity index (χ4n) is 3.13. The molecule has 2 aromatic carbocycles. The summed E-state index contributed by atoms with van der Waals surface area (Å²) < 4.78 is 35.8. The third-order valence-corrected chi connectivity index (χ3v) is 6.21. The summed E-state index contributed by atoms with van der Waals surface area (Å²) in [5.41, 5.74) is 2.19. The van der Waals surface area contributed by atoms with E-state index in [4.69, 9.17) is 9.15 Å². The Morgan fingerprint density at radius 3 is 2.43 bits per heavy atom. The maximum absolute atomic E-state index is 12.5. The van der Waals surface area contributed by atoms with Crippen molar-refractivity contribution in [3.63, 3.8) is 0 Å². The smallest absolute Gasteiger partial charge is 0.226 e. The second-order valence-electron chi connectivity index (χ2n) is 7.16.